The molecule has 110 valence electrons. The molecule has 1 heterocycles. The molecule has 0 unspecified atom stereocenters. The first-order valence-corrected chi connectivity index (χ1v) is 7.35. The molecule has 0 spiro atoms. The van der Waals surface area contributed by atoms with Crippen molar-refractivity contribution in [1.29, 1.82) is 0 Å². The molecule has 0 radical (unpaired) electrons. The lowest BCUT2D eigenvalue weighted by Gasteiger charge is -2.30. The first-order chi connectivity index (χ1) is 9.63. The van der Waals surface area contributed by atoms with Crippen molar-refractivity contribution in [3.63, 3.8) is 0 Å². The molecule has 4 heteroatoms. The number of benzene rings is 1. The third kappa shape index (κ3) is 3.38. The second kappa shape index (κ2) is 6.86. The molecule has 1 fully saturated rings. The highest BCUT2D eigenvalue weighted by atomic mass is 16.3. The molecule has 1 aliphatic rings. The number of aliphatic hydroxyl groups excluding tert-OH is 1. The molecular weight excluding hydrogens is 252 g/mol. The van der Waals surface area contributed by atoms with Gasteiger partial charge in [-0.05, 0) is 45.4 Å². The summed E-state index contributed by atoms with van der Waals surface area (Å²) in [7, 11) is 0. The number of likely N-dealkylation sites (tertiary alicyclic amines) is 1. The minimum atomic E-state index is 0.103. The Balaban J connectivity index is 2.08. The van der Waals surface area contributed by atoms with Gasteiger partial charge in [-0.3, -0.25) is 9.69 Å². The predicted molar refractivity (Wildman–Crippen MR) is 80.7 cm³/mol. The molecule has 1 aromatic carbocycles. The SMILES string of the molecule is CC(C)N(C(=O)CN1CCC[C@@H]1CO)c1ccccc1. The van der Waals surface area contributed by atoms with Gasteiger partial charge in [0.1, 0.15) is 0 Å². The summed E-state index contributed by atoms with van der Waals surface area (Å²) < 4.78 is 0. The number of amides is 1. The fourth-order valence-corrected chi connectivity index (χ4v) is 2.88. The summed E-state index contributed by atoms with van der Waals surface area (Å²) in [6.45, 7) is 5.48. The van der Waals surface area contributed by atoms with Crippen molar-refractivity contribution < 1.29 is 9.90 Å². The Kier molecular flexibility index (Phi) is 5.15. The molecule has 1 saturated heterocycles. The minimum Gasteiger partial charge on any atom is -0.395 e. The van der Waals surface area contributed by atoms with Gasteiger partial charge in [0.15, 0.2) is 0 Å². The lowest BCUT2D eigenvalue weighted by molar-refractivity contribution is -0.120. The van der Waals surface area contributed by atoms with Gasteiger partial charge >= 0.3 is 0 Å². The Hall–Kier alpha value is -1.39. The van der Waals surface area contributed by atoms with Crippen LogP contribution >= 0.6 is 0 Å². The van der Waals surface area contributed by atoms with Crippen LogP contribution in [-0.2, 0) is 4.79 Å². The van der Waals surface area contributed by atoms with Gasteiger partial charge in [-0.2, -0.15) is 0 Å². The Morgan fingerprint density at radius 2 is 2.10 bits per heavy atom. The lowest BCUT2D eigenvalue weighted by atomic mass is 10.2. The van der Waals surface area contributed by atoms with E-state index in [2.05, 4.69) is 4.90 Å². The predicted octanol–water partition coefficient (Wildman–Crippen LogP) is 1.88. The first kappa shape index (κ1) is 15.0. The van der Waals surface area contributed by atoms with Gasteiger partial charge in [-0.1, -0.05) is 18.2 Å². The number of carbonyl (C=O) groups excluding carboxylic acids is 1. The van der Waals surface area contributed by atoms with Crippen LogP contribution < -0.4 is 4.90 Å². The average molecular weight is 276 g/mol. The average Bonchev–Trinajstić information content (AvgIpc) is 2.86. The fraction of sp³-hybridized carbons (Fsp3) is 0.562. The van der Waals surface area contributed by atoms with Gasteiger partial charge in [-0.25, -0.2) is 0 Å². The monoisotopic (exact) mass is 276 g/mol. The van der Waals surface area contributed by atoms with Crippen molar-refractivity contribution >= 4 is 11.6 Å². The van der Waals surface area contributed by atoms with E-state index in [4.69, 9.17) is 0 Å². The quantitative estimate of drug-likeness (QED) is 0.893. The van der Waals surface area contributed by atoms with Crippen LogP contribution in [0.2, 0.25) is 0 Å². The van der Waals surface area contributed by atoms with Crippen LogP contribution in [0, 0.1) is 0 Å². The highest BCUT2D eigenvalue weighted by molar-refractivity contribution is 5.95. The molecule has 0 aliphatic carbocycles. The molecule has 0 aromatic heterocycles. The molecule has 1 amide bonds. The zero-order valence-corrected chi connectivity index (χ0v) is 12.3. The summed E-state index contributed by atoms with van der Waals surface area (Å²) >= 11 is 0. The third-order valence-corrected chi connectivity index (χ3v) is 3.87. The Bertz CT molecular complexity index is 433. The van der Waals surface area contributed by atoms with Crippen molar-refractivity contribution in [1.82, 2.24) is 4.90 Å². The van der Waals surface area contributed by atoms with E-state index < -0.39 is 0 Å². The van der Waals surface area contributed by atoms with Crippen LogP contribution in [0.1, 0.15) is 26.7 Å². The maximum absolute atomic E-state index is 12.6. The lowest BCUT2D eigenvalue weighted by Crippen LogP contribution is -2.46. The van der Waals surface area contributed by atoms with Gasteiger partial charge in [0.05, 0.1) is 13.2 Å². The van der Waals surface area contributed by atoms with Crippen molar-refractivity contribution in [3.05, 3.63) is 30.3 Å². The minimum absolute atomic E-state index is 0.103. The Morgan fingerprint density at radius 3 is 2.70 bits per heavy atom. The molecule has 4 nitrogen and oxygen atoms in total. The topological polar surface area (TPSA) is 43.8 Å². The molecule has 1 N–H and O–H groups in total. The summed E-state index contributed by atoms with van der Waals surface area (Å²) in [5.74, 6) is 0.103. The van der Waals surface area contributed by atoms with Crippen molar-refractivity contribution in [3.8, 4) is 0 Å². The fourth-order valence-electron chi connectivity index (χ4n) is 2.88. The van der Waals surface area contributed by atoms with Crippen LogP contribution in [0.25, 0.3) is 0 Å². The van der Waals surface area contributed by atoms with E-state index >= 15 is 0 Å². The largest absolute Gasteiger partial charge is 0.395 e. The maximum atomic E-state index is 12.6. The van der Waals surface area contributed by atoms with Crippen molar-refractivity contribution in [2.24, 2.45) is 0 Å². The third-order valence-electron chi connectivity index (χ3n) is 3.87. The highest BCUT2D eigenvalue weighted by Gasteiger charge is 2.28. The standard InChI is InChI=1S/C16H24N2O2/c1-13(2)18(14-7-4-3-5-8-14)16(20)11-17-10-6-9-15(17)12-19/h3-5,7-8,13,15,19H,6,9-12H2,1-2H3/t15-/m1/s1. The van der Waals surface area contributed by atoms with E-state index in [9.17, 15) is 9.90 Å². The van der Waals surface area contributed by atoms with E-state index in [1.165, 1.54) is 0 Å². The van der Waals surface area contributed by atoms with E-state index in [0.717, 1.165) is 25.1 Å². The second-order valence-electron chi connectivity index (χ2n) is 5.64. The summed E-state index contributed by atoms with van der Waals surface area (Å²) in [5, 5.41) is 9.35. The van der Waals surface area contributed by atoms with E-state index in [1.54, 1.807) is 0 Å². The number of aliphatic hydroxyl groups is 1. The molecule has 1 aromatic rings. The smallest absolute Gasteiger partial charge is 0.241 e. The van der Waals surface area contributed by atoms with Crippen LogP contribution in [0.3, 0.4) is 0 Å². The maximum Gasteiger partial charge on any atom is 0.241 e. The Morgan fingerprint density at radius 1 is 1.40 bits per heavy atom. The molecule has 2 rings (SSSR count). The molecule has 20 heavy (non-hydrogen) atoms. The number of hydrogen-bond acceptors (Lipinski definition) is 3. The molecule has 0 saturated carbocycles. The van der Waals surface area contributed by atoms with Gasteiger partial charge in [0, 0.05) is 17.8 Å². The van der Waals surface area contributed by atoms with Gasteiger partial charge in [0.25, 0.3) is 0 Å². The number of nitrogens with zero attached hydrogens (tertiary/aromatic N) is 2. The zero-order chi connectivity index (χ0) is 14.5. The van der Waals surface area contributed by atoms with Gasteiger partial charge < -0.3 is 10.0 Å². The summed E-state index contributed by atoms with van der Waals surface area (Å²) in [6.07, 6.45) is 2.04. The van der Waals surface area contributed by atoms with Crippen LogP contribution in [0.5, 0.6) is 0 Å². The van der Waals surface area contributed by atoms with Crippen LogP contribution in [-0.4, -0.2) is 47.7 Å². The van der Waals surface area contributed by atoms with E-state index in [0.29, 0.717) is 6.54 Å². The van der Waals surface area contributed by atoms with E-state index in [-0.39, 0.29) is 24.6 Å². The summed E-state index contributed by atoms with van der Waals surface area (Å²) in [5.41, 5.74) is 0.937. The summed E-state index contributed by atoms with van der Waals surface area (Å²) in [4.78, 5) is 16.5. The van der Waals surface area contributed by atoms with Crippen LogP contribution in [0.4, 0.5) is 5.69 Å². The number of para-hydroxylation sites is 1. The van der Waals surface area contributed by atoms with Crippen molar-refractivity contribution in [2.45, 2.75) is 38.8 Å². The van der Waals surface area contributed by atoms with E-state index in [1.807, 2.05) is 49.1 Å². The molecule has 1 aliphatic heterocycles. The summed E-state index contributed by atoms with van der Waals surface area (Å²) in [6, 6.07) is 10.0. The van der Waals surface area contributed by atoms with Crippen LogP contribution in [0.15, 0.2) is 30.3 Å². The second-order valence-corrected chi connectivity index (χ2v) is 5.64. The zero-order valence-electron chi connectivity index (χ0n) is 12.3. The molecular formula is C16H24N2O2. The van der Waals surface area contributed by atoms with Gasteiger partial charge in [0.2, 0.25) is 5.91 Å². The number of carbonyl (C=O) groups is 1. The number of anilines is 1. The normalized spacial score (nSPS) is 19.5. The van der Waals surface area contributed by atoms with Gasteiger partial charge in [-0.15, -0.1) is 0 Å². The number of hydrogen-bond donors (Lipinski definition) is 1. The first-order valence-electron chi connectivity index (χ1n) is 7.35. The molecule has 0 bridgehead atoms. The molecule has 1 atom stereocenters. The van der Waals surface area contributed by atoms with Crippen molar-refractivity contribution in [2.75, 3.05) is 24.6 Å². The number of rotatable bonds is 5. The highest BCUT2D eigenvalue weighted by Crippen LogP contribution is 2.20. The Labute approximate surface area is 121 Å².